The standard InChI is InChI=1S/C23H36O3/c1-5-13(2)15-6-7-16-14-10-19(24)18-11-20(25)21(26)12-23(18,4)17(14)8-9-22(15,16)3/h5,13-18,20-21,25-26H,1,6-12H2,2-4H3/t13-,14?,15-,16?,17?,18-,20?,21-,22-,23-/m1/s1. The molecule has 0 aliphatic heterocycles. The van der Waals surface area contributed by atoms with Crippen molar-refractivity contribution in [1.29, 1.82) is 0 Å². The van der Waals surface area contributed by atoms with E-state index in [1.54, 1.807) is 0 Å². The normalized spacial score (nSPS) is 54.8. The van der Waals surface area contributed by atoms with Crippen LogP contribution >= 0.6 is 0 Å². The summed E-state index contributed by atoms with van der Waals surface area (Å²) in [5.41, 5.74) is 0.188. The molecular weight excluding hydrogens is 324 g/mol. The molecule has 0 radical (unpaired) electrons. The lowest BCUT2D eigenvalue weighted by Crippen LogP contribution is -2.59. The van der Waals surface area contributed by atoms with E-state index in [4.69, 9.17) is 0 Å². The molecule has 4 aliphatic carbocycles. The lowest BCUT2D eigenvalue weighted by Gasteiger charge is -2.60. The molecule has 4 saturated carbocycles. The molecule has 0 spiro atoms. The van der Waals surface area contributed by atoms with Crippen molar-refractivity contribution < 1.29 is 15.0 Å². The van der Waals surface area contributed by atoms with Crippen LogP contribution in [0.1, 0.15) is 65.7 Å². The number of rotatable bonds is 2. The van der Waals surface area contributed by atoms with Crippen LogP contribution in [-0.2, 0) is 4.79 Å². The summed E-state index contributed by atoms with van der Waals surface area (Å²) in [5, 5.41) is 20.5. The minimum Gasteiger partial charge on any atom is -0.390 e. The zero-order valence-electron chi connectivity index (χ0n) is 16.7. The van der Waals surface area contributed by atoms with Crippen LogP contribution in [0.3, 0.4) is 0 Å². The van der Waals surface area contributed by atoms with E-state index < -0.39 is 12.2 Å². The number of hydrogen-bond acceptors (Lipinski definition) is 3. The Morgan fingerprint density at radius 2 is 1.81 bits per heavy atom. The summed E-state index contributed by atoms with van der Waals surface area (Å²) in [6.07, 6.45) is 7.35. The molecule has 10 atom stereocenters. The maximum Gasteiger partial charge on any atom is 0.136 e. The third kappa shape index (κ3) is 2.42. The van der Waals surface area contributed by atoms with Crippen LogP contribution in [0, 0.1) is 46.3 Å². The number of hydrogen-bond donors (Lipinski definition) is 2. The molecule has 0 aromatic carbocycles. The summed E-state index contributed by atoms with van der Waals surface area (Å²) >= 11 is 0. The Bertz CT molecular complexity index is 600. The zero-order chi connectivity index (χ0) is 18.9. The Morgan fingerprint density at radius 3 is 2.50 bits per heavy atom. The second-order valence-electron chi connectivity index (χ2n) is 10.5. The van der Waals surface area contributed by atoms with Crippen LogP contribution in [0.5, 0.6) is 0 Å². The van der Waals surface area contributed by atoms with E-state index in [1.165, 1.54) is 25.7 Å². The molecule has 0 saturated heterocycles. The molecule has 3 nitrogen and oxygen atoms in total. The average Bonchev–Trinajstić information content (AvgIpc) is 2.94. The van der Waals surface area contributed by atoms with Crippen LogP contribution in [-0.4, -0.2) is 28.2 Å². The number of aliphatic hydroxyl groups is 2. The van der Waals surface area contributed by atoms with Gasteiger partial charge in [-0.1, -0.05) is 26.8 Å². The number of ketones is 1. The van der Waals surface area contributed by atoms with Crippen molar-refractivity contribution in [2.75, 3.05) is 0 Å². The second kappa shape index (κ2) is 6.17. The lowest BCUT2D eigenvalue weighted by molar-refractivity contribution is -0.173. The van der Waals surface area contributed by atoms with Crippen molar-refractivity contribution in [3.63, 3.8) is 0 Å². The van der Waals surface area contributed by atoms with Gasteiger partial charge in [-0.05, 0) is 78.9 Å². The molecule has 0 heterocycles. The minimum atomic E-state index is -0.730. The molecular formula is C23H36O3. The molecule has 0 bridgehead atoms. The molecule has 0 aromatic rings. The van der Waals surface area contributed by atoms with Gasteiger partial charge in [0.2, 0.25) is 0 Å². The van der Waals surface area contributed by atoms with Gasteiger partial charge < -0.3 is 10.2 Å². The topological polar surface area (TPSA) is 57.5 Å². The quantitative estimate of drug-likeness (QED) is 0.733. The largest absolute Gasteiger partial charge is 0.390 e. The number of Topliss-reactive ketones (excluding diaryl/α,β-unsaturated/α-hetero) is 1. The first-order chi connectivity index (χ1) is 12.2. The van der Waals surface area contributed by atoms with Gasteiger partial charge in [-0.15, -0.1) is 6.58 Å². The highest BCUT2D eigenvalue weighted by molar-refractivity contribution is 5.83. The highest BCUT2D eigenvalue weighted by Gasteiger charge is 2.63. The number of aliphatic hydroxyl groups excluding tert-OH is 2. The molecule has 3 heteroatoms. The molecule has 4 aliphatic rings. The SMILES string of the molecule is C=C[C@@H](C)[C@H]1CCC2C3CC(=O)[C@H]4CC(O)[C@H](O)C[C@]4(C)C3CC[C@@]21C. The third-order valence-electron chi connectivity index (χ3n) is 9.56. The summed E-state index contributed by atoms with van der Waals surface area (Å²) in [6.45, 7) is 11.1. The van der Waals surface area contributed by atoms with Crippen molar-refractivity contribution in [3.05, 3.63) is 12.7 Å². The minimum absolute atomic E-state index is 0.0594. The van der Waals surface area contributed by atoms with E-state index in [0.29, 0.717) is 60.1 Å². The van der Waals surface area contributed by atoms with Gasteiger partial charge in [0.1, 0.15) is 5.78 Å². The van der Waals surface area contributed by atoms with Crippen LogP contribution in [0.4, 0.5) is 0 Å². The van der Waals surface area contributed by atoms with Gasteiger partial charge in [0.05, 0.1) is 12.2 Å². The van der Waals surface area contributed by atoms with Gasteiger partial charge in [0.15, 0.2) is 0 Å². The summed E-state index contributed by atoms with van der Waals surface area (Å²) in [6, 6.07) is 0. The number of allylic oxidation sites excluding steroid dienone is 1. The Hall–Kier alpha value is -0.670. The van der Waals surface area contributed by atoms with E-state index in [0.717, 1.165) is 0 Å². The average molecular weight is 361 g/mol. The fraction of sp³-hybridized carbons (Fsp3) is 0.870. The molecule has 4 unspecified atom stereocenters. The van der Waals surface area contributed by atoms with E-state index in [1.807, 2.05) is 0 Å². The number of carbonyl (C=O) groups excluding carboxylic acids is 1. The highest BCUT2D eigenvalue weighted by Crippen LogP contribution is 2.67. The van der Waals surface area contributed by atoms with Crippen molar-refractivity contribution in [2.24, 2.45) is 46.3 Å². The van der Waals surface area contributed by atoms with E-state index in [-0.39, 0.29) is 11.3 Å². The predicted octanol–water partition coefficient (Wildman–Crippen LogP) is 3.98. The van der Waals surface area contributed by atoms with Crippen LogP contribution in [0.25, 0.3) is 0 Å². The predicted molar refractivity (Wildman–Crippen MR) is 102 cm³/mol. The smallest absolute Gasteiger partial charge is 0.136 e. The van der Waals surface area contributed by atoms with Crippen molar-refractivity contribution in [1.82, 2.24) is 0 Å². The van der Waals surface area contributed by atoms with E-state index in [2.05, 4.69) is 33.4 Å². The van der Waals surface area contributed by atoms with E-state index in [9.17, 15) is 15.0 Å². The third-order valence-corrected chi connectivity index (χ3v) is 9.56. The summed E-state index contributed by atoms with van der Waals surface area (Å²) < 4.78 is 0. The van der Waals surface area contributed by atoms with Crippen molar-refractivity contribution in [2.45, 2.75) is 77.9 Å². The summed E-state index contributed by atoms with van der Waals surface area (Å²) in [7, 11) is 0. The van der Waals surface area contributed by atoms with Gasteiger partial charge in [0.25, 0.3) is 0 Å². The van der Waals surface area contributed by atoms with Gasteiger partial charge >= 0.3 is 0 Å². The molecule has 0 aromatic heterocycles. The Morgan fingerprint density at radius 1 is 1.12 bits per heavy atom. The van der Waals surface area contributed by atoms with Crippen LogP contribution in [0.2, 0.25) is 0 Å². The van der Waals surface area contributed by atoms with Gasteiger partial charge in [0, 0.05) is 12.3 Å². The van der Waals surface area contributed by atoms with Gasteiger partial charge in [-0.3, -0.25) is 4.79 Å². The maximum absolute atomic E-state index is 13.1. The number of carbonyl (C=O) groups is 1. The van der Waals surface area contributed by atoms with Crippen LogP contribution in [0.15, 0.2) is 12.7 Å². The molecule has 4 fully saturated rings. The fourth-order valence-corrected chi connectivity index (χ4v) is 8.14. The monoisotopic (exact) mass is 360 g/mol. The van der Waals surface area contributed by atoms with Crippen molar-refractivity contribution >= 4 is 5.78 Å². The molecule has 4 rings (SSSR count). The Kier molecular flexibility index (Phi) is 4.43. The number of fused-ring (bicyclic) bond motifs is 5. The Balaban J connectivity index is 1.66. The Labute approximate surface area is 158 Å². The second-order valence-corrected chi connectivity index (χ2v) is 10.5. The molecule has 146 valence electrons. The molecule has 26 heavy (non-hydrogen) atoms. The first-order valence-corrected chi connectivity index (χ1v) is 10.7. The zero-order valence-corrected chi connectivity index (χ0v) is 16.7. The summed E-state index contributed by atoms with van der Waals surface area (Å²) in [4.78, 5) is 13.1. The molecule has 0 amide bonds. The first kappa shape index (κ1) is 18.7. The van der Waals surface area contributed by atoms with Crippen molar-refractivity contribution in [3.8, 4) is 0 Å². The van der Waals surface area contributed by atoms with E-state index >= 15 is 0 Å². The highest BCUT2D eigenvalue weighted by atomic mass is 16.3. The summed E-state index contributed by atoms with van der Waals surface area (Å²) in [5.74, 6) is 3.12. The molecule has 2 N–H and O–H groups in total. The first-order valence-electron chi connectivity index (χ1n) is 10.7. The van der Waals surface area contributed by atoms with Crippen LogP contribution < -0.4 is 0 Å². The lowest BCUT2D eigenvalue weighted by atomic mass is 9.44. The fourth-order valence-electron chi connectivity index (χ4n) is 8.14. The van der Waals surface area contributed by atoms with Gasteiger partial charge in [-0.2, -0.15) is 0 Å². The van der Waals surface area contributed by atoms with Gasteiger partial charge in [-0.25, -0.2) is 0 Å². The maximum atomic E-state index is 13.1.